The number of hydrogen-bond donors (Lipinski definition) is 2. The highest BCUT2D eigenvalue weighted by Gasteiger charge is 2.42. The quantitative estimate of drug-likeness (QED) is 0.0171. The fourth-order valence-corrected chi connectivity index (χ4v) is 10.5. The van der Waals surface area contributed by atoms with Gasteiger partial charge in [-0.1, -0.05) is 6.92 Å². The van der Waals surface area contributed by atoms with E-state index in [4.69, 9.17) is 62.5 Å². The van der Waals surface area contributed by atoms with Gasteiger partial charge >= 0.3 is 16.1 Å². The van der Waals surface area contributed by atoms with Gasteiger partial charge in [-0.2, -0.15) is 17.2 Å². The van der Waals surface area contributed by atoms with E-state index in [0.29, 0.717) is 130 Å². The second kappa shape index (κ2) is 37.2. The Bertz CT molecular complexity index is 2430. The summed E-state index contributed by atoms with van der Waals surface area (Å²) < 4.78 is 145. The molecule has 464 valence electrons. The van der Waals surface area contributed by atoms with Gasteiger partial charge in [0.2, 0.25) is 23.3 Å². The highest BCUT2D eigenvalue weighted by Crippen LogP contribution is 2.42. The van der Waals surface area contributed by atoms with Crippen molar-refractivity contribution < 1.29 is 102 Å². The molecule has 2 fully saturated rings. The van der Waals surface area contributed by atoms with Crippen LogP contribution in [0.15, 0.2) is 21.5 Å². The van der Waals surface area contributed by atoms with Crippen LogP contribution in [0.25, 0.3) is 6.08 Å². The molecule has 0 atom stereocenters. The predicted octanol–water partition coefficient (Wildman–Crippen LogP) is 4.88. The van der Waals surface area contributed by atoms with E-state index in [1.807, 2.05) is 24.8 Å². The van der Waals surface area contributed by atoms with Gasteiger partial charge in [0.25, 0.3) is 5.91 Å². The first-order valence-corrected chi connectivity index (χ1v) is 29.7. The molecule has 2 aromatic rings. The fraction of sp³-hybridized carbons (Fsp3) is 0.698. The van der Waals surface area contributed by atoms with Crippen molar-refractivity contribution in [2.45, 2.75) is 70.2 Å². The summed E-state index contributed by atoms with van der Waals surface area (Å²) in [6.45, 7) is 15.2. The highest BCUT2D eigenvalue weighted by atomic mass is 32.2. The summed E-state index contributed by atoms with van der Waals surface area (Å²) in [6.07, 6.45) is 5.85. The molecule has 0 saturated carbocycles. The lowest BCUT2D eigenvalue weighted by Crippen LogP contribution is -2.41. The van der Waals surface area contributed by atoms with Gasteiger partial charge < -0.3 is 62.7 Å². The third-order valence-electron chi connectivity index (χ3n) is 12.9. The SMILES string of the molecule is CCCN(OCC)C(=O)C1=Cc2sc(CN3CCC4(CC3)CCN(C(=O)CCOCCOCCOCCOCCOCCOCCOCCOCCOCCOCCC(=O)Oc3c(F)c(F)c(S(=O)(=O)O)c(F)c3F)C4)cc2N=C(N)C1. The van der Waals surface area contributed by atoms with Gasteiger partial charge in [-0.25, -0.2) is 18.8 Å². The summed E-state index contributed by atoms with van der Waals surface area (Å²) in [5, 5.41) is 1.42. The maximum atomic E-state index is 14.0. The van der Waals surface area contributed by atoms with Crippen LogP contribution in [-0.4, -0.2) is 223 Å². The zero-order chi connectivity index (χ0) is 59.2. The molecule has 29 heteroatoms. The molecule has 0 aliphatic carbocycles. The van der Waals surface area contributed by atoms with Crippen LogP contribution < -0.4 is 10.5 Å². The summed E-state index contributed by atoms with van der Waals surface area (Å²) in [6, 6.07) is 2.09. The zero-order valence-electron chi connectivity index (χ0n) is 46.8. The van der Waals surface area contributed by atoms with E-state index < -0.39 is 56.4 Å². The number of fused-ring (bicyclic) bond motifs is 1. The molecule has 4 heterocycles. The minimum Gasteiger partial charge on any atom is -0.420 e. The minimum absolute atomic E-state index is 0.0203. The molecule has 3 aliphatic rings. The largest absolute Gasteiger partial charge is 0.420 e. The van der Waals surface area contributed by atoms with Crippen molar-refractivity contribution in [3.05, 3.63) is 44.7 Å². The third kappa shape index (κ3) is 23.6. The smallest absolute Gasteiger partial charge is 0.313 e. The maximum Gasteiger partial charge on any atom is 0.313 e. The summed E-state index contributed by atoms with van der Waals surface area (Å²) in [5.74, 6) is -12.3. The van der Waals surface area contributed by atoms with Crippen LogP contribution in [0.5, 0.6) is 5.75 Å². The number of nitrogens with zero attached hydrogens (tertiary/aromatic N) is 4. The van der Waals surface area contributed by atoms with Gasteiger partial charge in [-0.05, 0) is 63.3 Å². The van der Waals surface area contributed by atoms with Gasteiger partial charge in [0.05, 0.1) is 162 Å². The van der Waals surface area contributed by atoms with Crippen molar-refractivity contribution >= 4 is 56.8 Å². The molecule has 1 spiro atoms. The molecule has 1 aromatic heterocycles. The standard InChI is InChI=1S/C53H79F4N5O18S2/c1-3-10-62(79-4-2)52(65)39-34-42-41(59-43(58)35-39)36-40(81-42)37-60-11-7-53(8-12-60)9-13-61(38-53)44(63)5-14-69-16-18-71-20-22-73-24-26-75-28-30-77-32-33-78-31-29-76-27-25-74-23-21-72-19-17-70-15-6-45(64)80-50-46(54)48(56)51(82(66,67)68)49(57)47(50)55/h34,36H,3-33,35,37-38H2,1-2H3,(H2,58,59)(H,66,67,68). The topological polar surface area (TPSA) is 264 Å². The first-order valence-electron chi connectivity index (χ1n) is 27.5. The van der Waals surface area contributed by atoms with Crippen LogP contribution >= 0.6 is 11.3 Å². The Morgan fingerprint density at radius 1 is 0.683 bits per heavy atom. The van der Waals surface area contributed by atoms with Gasteiger partial charge in [0, 0.05) is 43.1 Å². The number of likely N-dealkylation sites (tertiary alicyclic amines) is 2. The van der Waals surface area contributed by atoms with Crippen LogP contribution in [0.3, 0.4) is 0 Å². The van der Waals surface area contributed by atoms with E-state index in [1.165, 1.54) is 9.94 Å². The number of carbonyl (C=O) groups excluding carboxylic acids is 3. The van der Waals surface area contributed by atoms with Crippen molar-refractivity contribution in [2.24, 2.45) is 16.1 Å². The van der Waals surface area contributed by atoms with E-state index >= 15 is 0 Å². The molecule has 0 unspecified atom stereocenters. The van der Waals surface area contributed by atoms with E-state index in [9.17, 15) is 40.4 Å². The van der Waals surface area contributed by atoms with Crippen LogP contribution in [0.2, 0.25) is 0 Å². The first-order chi connectivity index (χ1) is 39.6. The number of hydrogen-bond acceptors (Lipinski definition) is 21. The Labute approximate surface area is 480 Å². The Kier molecular flexibility index (Phi) is 31.1. The number of rotatable bonds is 42. The summed E-state index contributed by atoms with van der Waals surface area (Å²) in [5.41, 5.74) is 7.80. The van der Waals surface area contributed by atoms with E-state index in [2.05, 4.69) is 20.7 Å². The summed E-state index contributed by atoms with van der Waals surface area (Å²) in [4.78, 5) is 52.8. The number of nitrogens with two attached hydrogens (primary N) is 1. The monoisotopic (exact) mass is 1210 g/mol. The molecule has 3 aliphatic heterocycles. The zero-order valence-corrected chi connectivity index (χ0v) is 48.4. The van der Waals surface area contributed by atoms with Crippen molar-refractivity contribution in [1.29, 1.82) is 0 Å². The molecule has 3 N–H and O–H groups in total. The molecule has 2 saturated heterocycles. The number of halogens is 4. The highest BCUT2D eigenvalue weighted by molar-refractivity contribution is 7.85. The number of esters is 1. The number of aliphatic imine (C=N–C) groups is 1. The van der Waals surface area contributed by atoms with E-state index in [-0.39, 0.29) is 56.7 Å². The second-order valence-electron chi connectivity index (χ2n) is 19.1. The average Bonchev–Trinajstić information content (AvgIpc) is 4.10. The Hall–Kier alpha value is -4.31. The Morgan fingerprint density at radius 2 is 1.13 bits per heavy atom. The van der Waals surface area contributed by atoms with Crippen molar-refractivity contribution in [2.75, 3.05) is 171 Å². The number of hydroxylamine groups is 2. The van der Waals surface area contributed by atoms with Crippen LogP contribution in [0.4, 0.5) is 23.2 Å². The summed E-state index contributed by atoms with van der Waals surface area (Å²) in [7, 11) is -5.65. The fourth-order valence-electron chi connectivity index (χ4n) is 8.78. The summed E-state index contributed by atoms with van der Waals surface area (Å²) >= 11 is 1.65. The number of benzene rings is 1. The van der Waals surface area contributed by atoms with Crippen molar-refractivity contribution in [1.82, 2.24) is 14.9 Å². The molecule has 82 heavy (non-hydrogen) atoms. The molecule has 0 bridgehead atoms. The molecular weight excluding hydrogens is 1130 g/mol. The molecule has 23 nitrogen and oxygen atoms in total. The van der Waals surface area contributed by atoms with Crippen LogP contribution in [-0.2, 0) is 83.3 Å². The lowest BCUT2D eigenvalue weighted by atomic mass is 9.78. The van der Waals surface area contributed by atoms with Crippen molar-refractivity contribution in [3.63, 3.8) is 0 Å². The van der Waals surface area contributed by atoms with Crippen LogP contribution in [0.1, 0.15) is 68.5 Å². The molecule has 5 rings (SSSR count). The minimum atomic E-state index is -5.65. The third-order valence-corrected chi connectivity index (χ3v) is 14.9. The first kappa shape index (κ1) is 68.5. The van der Waals surface area contributed by atoms with Gasteiger partial charge in [-0.15, -0.1) is 11.3 Å². The normalized spacial score (nSPS) is 15.4. The number of ether oxygens (including phenoxy) is 11. The Balaban J connectivity index is 0.733. The number of amidine groups is 1. The maximum absolute atomic E-state index is 14.0. The molecule has 1 aromatic carbocycles. The van der Waals surface area contributed by atoms with Crippen molar-refractivity contribution in [3.8, 4) is 5.75 Å². The Morgan fingerprint density at radius 3 is 1.59 bits per heavy atom. The van der Waals surface area contributed by atoms with Gasteiger partial charge in [0.15, 0.2) is 16.5 Å². The predicted molar refractivity (Wildman–Crippen MR) is 289 cm³/mol. The second-order valence-corrected chi connectivity index (χ2v) is 21.6. The van der Waals surface area contributed by atoms with Gasteiger partial charge in [0.1, 0.15) is 5.84 Å². The number of thiophene rings is 1. The molecule has 2 amide bonds. The number of carbonyl (C=O) groups is 3. The van der Waals surface area contributed by atoms with E-state index in [1.54, 1.807) is 11.3 Å². The lowest BCUT2D eigenvalue weighted by Gasteiger charge is -2.39. The van der Waals surface area contributed by atoms with E-state index in [0.717, 1.165) is 69.0 Å². The van der Waals surface area contributed by atoms with Crippen LogP contribution in [0, 0.1) is 28.7 Å². The van der Waals surface area contributed by atoms with Gasteiger partial charge in [-0.3, -0.25) is 28.7 Å². The average molecular weight is 1210 g/mol. The lowest BCUT2D eigenvalue weighted by molar-refractivity contribution is -0.180. The number of amides is 2. The molecular formula is C53H79F4N5O18S2. The molecule has 0 radical (unpaired) electrons. The number of piperidine rings is 1.